The van der Waals surface area contributed by atoms with Crippen LogP contribution < -0.4 is 15.0 Å². The van der Waals surface area contributed by atoms with Crippen molar-refractivity contribution in [3.8, 4) is 5.75 Å². The molecular formula is C24H24N4O4. The van der Waals surface area contributed by atoms with Gasteiger partial charge in [0.25, 0.3) is 11.6 Å². The van der Waals surface area contributed by atoms with E-state index in [1.54, 1.807) is 36.5 Å². The number of aromatic nitrogens is 1. The second-order valence-corrected chi connectivity index (χ2v) is 7.60. The lowest BCUT2D eigenvalue weighted by Crippen LogP contribution is -2.31. The van der Waals surface area contributed by atoms with E-state index in [0.717, 1.165) is 43.7 Å². The van der Waals surface area contributed by atoms with Crippen LogP contribution in [0.2, 0.25) is 0 Å². The maximum Gasteiger partial charge on any atom is 0.270 e. The zero-order valence-electron chi connectivity index (χ0n) is 17.6. The van der Waals surface area contributed by atoms with Crippen LogP contribution in [0, 0.1) is 10.1 Å². The van der Waals surface area contributed by atoms with Gasteiger partial charge in [-0.05, 0) is 49.6 Å². The number of ether oxygens (including phenoxy) is 1. The van der Waals surface area contributed by atoms with Crippen molar-refractivity contribution in [3.05, 3.63) is 88.2 Å². The highest BCUT2D eigenvalue weighted by Gasteiger charge is 2.22. The van der Waals surface area contributed by atoms with Crippen LogP contribution in [0.5, 0.6) is 5.75 Å². The molecule has 0 unspecified atom stereocenters. The van der Waals surface area contributed by atoms with Gasteiger partial charge in [0.05, 0.1) is 21.9 Å². The van der Waals surface area contributed by atoms with Crippen molar-refractivity contribution < 1.29 is 14.5 Å². The molecule has 0 bridgehead atoms. The number of amides is 1. The molecule has 164 valence electrons. The van der Waals surface area contributed by atoms with Crippen molar-refractivity contribution in [3.63, 3.8) is 0 Å². The van der Waals surface area contributed by atoms with Gasteiger partial charge < -0.3 is 15.0 Å². The fourth-order valence-electron chi connectivity index (χ4n) is 3.73. The van der Waals surface area contributed by atoms with Crippen LogP contribution in [0.25, 0.3) is 0 Å². The topological polar surface area (TPSA) is 97.6 Å². The molecule has 1 saturated heterocycles. The number of nitro benzene ring substituents is 1. The lowest BCUT2D eigenvalue weighted by molar-refractivity contribution is -0.384. The standard InChI is InChI=1S/C24H24N4O4/c29-24(22-16-20(28(30)31)10-11-23(22)27-13-4-1-5-14-27)26-18-8-6-9-21(15-18)32-17-19-7-2-3-12-25-19/h2-3,6-12,15-16H,1,4-5,13-14,17H2,(H,26,29). The van der Waals surface area contributed by atoms with E-state index in [9.17, 15) is 14.9 Å². The summed E-state index contributed by atoms with van der Waals surface area (Å²) in [6.45, 7) is 1.96. The van der Waals surface area contributed by atoms with E-state index in [1.807, 2.05) is 18.2 Å². The summed E-state index contributed by atoms with van der Waals surface area (Å²) in [5.74, 6) is 0.194. The van der Waals surface area contributed by atoms with E-state index in [-0.39, 0.29) is 5.69 Å². The molecule has 0 saturated carbocycles. The molecule has 1 N–H and O–H groups in total. The lowest BCUT2D eigenvalue weighted by atomic mass is 10.1. The van der Waals surface area contributed by atoms with Gasteiger partial charge in [-0.1, -0.05) is 12.1 Å². The number of hydrogen-bond donors (Lipinski definition) is 1. The third kappa shape index (κ3) is 5.21. The summed E-state index contributed by atoms with van der Waals surface area (Å²) in [6, 6.07) is 17.1. The van der Waals surface area contributed by atoms with Crippen LogP contribution in [0.4, 0.5) is 17.1 Å². The Bertz CT molecular complexity index is 1100. The molecular weight excluding hydrogens is 408 g/mol. The molecule has 1 aromatic heterocycles. The van der Waals surface area contributed by atoms with Crippen molar-refractivity contribution in [2.24, 2.45) is 0 Å². The Kier molecular flexibility index (Phi) is 6.60. The highest BCUT2D eigenvalue weighted by molar-refractivity contribution is 6.08. The third-order valence-corrected chi connectivity index (χ3v) is 5.34. The molecule has 8 heteroatoms. The Morgan fingerprint density at radius 3 is 2.66 bits per heavy atom. The molecule has 0 spiro atoms. The predicted octanol–water partition coefficient (Wildman–Crippen LogP) is 4.81. The maximum atomic E-state index is 13.1. The van der Waals surface area contributed by atoms with Gasteiger partial charge in [0.1, 0.15) is 12.4 Å². The van der Waals surface area contributed by atoms with Crippen LogP contribution in [0.3, 0.4) is 0 Å². The quantitative estimate of drug-likeness (QED) is 0.425. The molecule has 0 aliphatic carbocycles. The maximum absolute atomic E-state index is 13.1. The predicted molar refractivity (Wildman–Crippen MR) is 122 cm³/mol. The molecule has 32 heavy (non-hydrogen) atoms. The summed E-state index contributed by atoms with van der Waals surface area (Å²) in [5, 5.41) is 14.2. The summed E-state index contributed by atoms with van der Waals surface area (Å²) >= 11 is 0. The number of rotatable bonds is 7. The van der Waals surface area contributed by atoms with Gasteiger partial charge in [0.2, 0.25) is 0 Å². The highest BCUT2D eigenvalue weighted by atomic mass is 16.6. The highest BCUT2D eigenvalue weighted by Crippen LogP contribution is 2.29. The second-order valence-electron chi connectivity index (χ2n) is 7.60. The van der Waals surface area contributed by atoms with E-state index >= 15 is 0 Å². The van der Waals surface area contributed by atoms with E-state index < -0.39 is 10.8 Å². The normalized spacial score (nSPS) is 13.4. The molecule has 1 aliphatic rings. The molecule has 0 radical (unpaired) electrons. The molecule has 3 aromatic rings. The van der Waals surface area contributed by atoms with Crippen molar-refractivity contribution >= 4 is 23.0 Å². The van der Waals surface area contributed by atoms with Crippen molar-refractivity contribution in [1.82, 2.24) is 4.98 Å². The Morgan fingerprint density at radius 1 is 1.06 bits per heavy atom. The first kappa shape index (κ1) is 21.3. The van der Waals surface area contributed by atoms with Gasteiger partial charge in [-0.2, -0.15) is 0 Å². The number of anilines is 2. The number of nitrogens with zero attached hydrogens (tertiary/aromatic N) is 3. The molecule has 2 aromatic carbocycles. The Balaban J connectivity index is 1.52. The van der Waals surface area contributed by atoms with Gasteiger partial charge in [0.15, 0.2) is 0 Å². The van der Waals surface area contributed by atoms with E-state index in [0.29, 0.717) is 23.6 Å². The zero-order valence-corrected chi connectivity index (χ0v) is 17.6. The Hall–Kier alpha value is -3.94. The molecule has 1 fully saturated rings. The average molecular weight is 432 g/mol. The molecule has 4 rings (SSSR count). The Labute approximate surface area is 186 Å². The van der Waals surface area contributed by atoms with Gasteiger partial charge in [-0.3, -0.25) is 19.9 Å². The summed E-state index contributed by atoms with van der Waals surface area (Å²) in [4.78, 5) is 30.3. The van der Waals surface area contributed by atoms with Crippen LogP contribution in [0.1, 0.15) is 35.3 Å². The number of hydrogen-bond acceptors (Lipinski definition) is 6. The third-order valence-electron chi connectivity index (χ3n) is 5.34. The largest absolute Gasteiger partial charge is 0.487 e. The number of carbonyl (C=O) groups excluding carboxylic acids is 1. The summed E-state index contributed by atoms with van der Waals surface area (Å²) in [7, 11) is 0. The summed E-state index contributed by atoms with van der Waals surface area (Å²) in [6.07, 6.45) is 4.92. The lowest BCUT2D eigenvalue weighted by Gasteiger charge is -2.30. The number of pyridine rings is 1. The van der Waals surface area contributed by atoms with Gasteiger partial charge in [-0.15, -0.1) is 0 Å². The van der Waals surface area contributed by atoms with Crippen LogP contribution in [-0.2, 0) is 6.61 Å². The van der Waals surface area contributed by atoms with Crippen LogP contribution in [-0.4, -0.2) is 28.9 Å². The average Bonchev–Trinajstić information content (AvgIpc) is 2.84. The minimum atomic E-state index is -0.483. The molecule has 0 atom stereocenters. The fraction of sp³-hybridized carbons (Fsp3) is 0.250. The second kappa shape index (κ2) is 9.91. The molecule has 2 heterocycles. The first-order chi connectivity index (χ1) is 15.6. The Morgan fingerprint density at radius 2 is 1.91 bits per heavy atom. The van der Waals surface area contributed by atoms with Crippen LogP contribution in [0.15, 0.2) is 66.9 Å². The van der Waals surface area contributed by atoms with E-state index in [4.69, 9.17) is 4.74 Å². The number of benzene rings is 2. The van der Waals surface area contributed by atoms with Crippen molar-refractivity contribution in [2.75, 3.05) is 23.3 Å². The minimum absolute atomic E-state index is 0.108. The number of nitro groups is 1. The summed E-state index contributed by atoms with van der Waals surface area (Å²) in [5.41, 5.74) is 2.24. The van der Waals surface area contributed by atoms with Gasteiger partial charge in [-0.25, -0.2) is 0 Å². The monoisotopic (exact) mass is 432 g/mol. The molecule has 1 aliphatic heterocycles. The van der Waals surface area contributed by atoms with Crippen molar-refractivity contribution in [1.29, 1.82) is 0 Å². The van der Waals surface area contributed by atoms with E-state index in [2.05, 4.69) is 15.2 Å². The van der Waals surface area contributed by atoms with Crippen molar-refractivity contribution in [2.45, 2.75) is 25.9 Å². The number of nitrogens with one attached hydrogen (secondary N) is 1. The first-order valence-electron chi connectivity index (χ1n) is 10.6. The zero-order chi connectivity index (χ0) is 22.3. The van der Waals surface area contributed by atoms with E-state index in [1.165, 1.54) is 12.1 Å². The summed E-state index contributed by atoms with van der Waals surface area (Å²) < 4.78 is 5.78. The number of non-ortho nitro benzene ring substituents is 1. The molecule has 1 amide bonds. The molecule has 8 nitrogen and oxygen atoms in total. The van der Waals surface area contributed by atoms with Gasteiger partial charge >= 0.3 is 0 Å². The number of carbonyl (C=O) groups is 1. The van der Waals surface area contributed by atoms with Crippen LogP contribution >= 0.6 is 0 Å². The smallest absolute Gasteiger partial charge is 0.270 e. The first-order valence-corrected chi connectivity index (χ1v) is 10.6. The fourth-order valence-corrected chi connectivity index (χ4v) is 3.73. The minimum Gasteiger partial charge on any atom is -0.487 e. The SMILES string of the molecule is O=C(Nc1cccc(OCc2ccccn2)c1)c1cc([N+](=O)[O-])ccc1N1CCCCC1. The number of piperidine rings is 1. The van der Waals surface area contributed by atoms with Gasteiger partial charge in [0, 0.05) is 43.2 Å².